The fourth-order valence-corrected chi connectivity index (χ4v) is 1.87. The molecule has 0 spiro atoms. The molecule has 3 N–H and O–H groups in total. The van der Waals surface area contributed by atoms with Gasteiger partial charge in [0, 0.05) is 5.56 Å². The van der Waals surface area contributed by atoms with Crippen molar-refractivity contribution in [3.05, 3.63) is 30.3 Å². The molecule has 0 saturated heterocycles. The van der Waals surface area contributed by atoms with Crippen LogP contribution < -0.4 is 5.73 Å². The summed E-state index contributed by atoms with van der Waals surface area (Å²) < 4.78 is 6.22. The smallest absolute Gasteiger partial charge is 0.328 e. The lowest BCUT2D eigenvalue weighted by molar-refractivity contribution is -0.140. The highest BCUT2D eigenvalue weighted by atomic mass is 16.5. The Morgan fingerprint density at radius 1 is 1.36 bits per heavy atom. The summed E-state index contributed by atoms with van der Waals surface area (Å²) in [4.78, 5) is 15.2. The number of rotatable bonds is 4. The van der Waals surface area contributed by atoms with Crippen LogP contribution in [0, 0.1) is 0 Å². The SMILES string of the molecule is CC(C(=O)O)n1nnc(-c2nc(-c3ccccc3)no2)c1N. The fraction of sp³-hybridized carbons (Fsp3) is 0.154. The molecule has 0 aliphatic carbocycles. The van der Waals surface area contributed by atoms with Gasteiger partial charge in [0.1, 0.15) is 0 Å². The molecule has 0 amide bonds. The third-order valence-corrected chi connectivity index (χ3v) is 3.12. The summed E-state index contributed by atoms with van der Waals surface area (Å²) >= 11 is 0. The minimum Gasteiger partial charge on any atom is -0.480 e. The number of hydrogen-bond donors (Lipinski definition) is 2. The Labute approximate surface area is 124 Å². The lowest BCUT2D eigenvalue weighted by atomic mass is 10.2. The number of aliphatic carboxylic acids is 1. The predicted molar refractivity (Wildman–Crippen MR) is 75.5 cm³/mol. The summed E-state index contributed by atoms with van der Waals surface area (Å²) in [6, 6.07) is 8.30. The third kappa shape index (κ3) is 2.28. The zero-order valence-corrected chi connectivity index (χ0v) is 11.5. The number of nitrogens with two attached hydrogens (primary N) is 1. The maximum Gasteiger partial charge on any atom is 0.328 e. The molecule has 0 saturated carbocycles. The van der Waals surface area contributed by atoms with Crippen LogP contribution in [0.4, 0.5) is 5.82 Å². The molecule has 0 fully saturated rings. The van der Waals surface area contributed by atoms with Crippen LogP contribution >= 0.6 is 0 Å². The van der Waals surface area contributed by atoms with Gasteiger partial charge < -0.3 is 15.4 Å². The van der Waals surface area contributed by atoms with Gasteiger partial charge in [-0.25, -0.2) is 9.48 Å². The largest absolute Gasteiger partial charge is 0.480 e. The van der Waals surface area contributed by atoms with Crippen LogP contribution in [0.5, 0.6) is 0 Å². The zero-order chi connectivity index (χ0) is 15.7. The highest BCUT2D eigenvalue weighted by molar-refractivity contribution is 5.73. The second-order valence-electron chi connectivity index (χ2n) is 4.57. The molecule has 0 radical (unpaired) electrons. The minimum absolute atomic E-state index is 0.0539. The number of benzene rings is 1. The third-order valence-electron chi connectivity index (χ3n) is 3.12. The van der Waals surface area contributed by atoms with Crippen LogP contribution in [0.2, 0.25) is 0 Å². The molecule has 3 aromatic rings. The van der Waals surface area contributed by atoms with Crippen LogP contribution in [0.1, 0.15) is 13.0 Å². The molecule has 9 heteroatoms. The van der Waals surface area contributed by atoms with Gasteiger partial charge in [0.25, 0.3) is 5.89 Å². The Bertz CT molecular complexity index is 810. The van der Waals surface area contributed by atoms with Crippen molar-refractivity contribution < 1.29 is 14.4 Å². The Kier molecular flexibility index (Phi) is 3.30. The molecule has 0 aliphatic heterocycles. The molecule has 1 unspecified atom stereocenters. The average molecular weight is 300 g/mol. The van der Waals surface area contributed by atoms with E-state index < -0.39 is 12.0 Å². The number of anilines is 1. The normalized spacial score (nSPS) is 12.2. The van der Waals surface area contributed by atoms with Gasteiger partial charge in [0.05, 0.1) is 0 Å². The molecule has 0 bridgehead atoms. The first-order chi connectivity index (χ1) is 10.6. The quantitative estimate of drug-likeness (QED) is 0.734. The molecule has 9 nitrogen and oxygen atoms in total. The van der Waals surface area contributed by atoms with E-state index in [1.807, 2.05) is 30.3 Å². The number of carbonyl (C=O) groups is 1. The molecular weight excluding hydrogens is 288 g/mol. The summed E-state index contributed by atoms with van der Waals surface area (Å²) in [6.45, 7) is 1.44. The van der Waals surface area contributed by atoms with Crippen LogP contribution in [0.15, 0.2) is 34.9 Å². The van der Waals surface area contributed by atoms with E-state index in [4.69, 9.17) is 15.4 Å². The average Bonchev–Trinajstić information content (AvgIpc) is 3.14. The maximum atomic E-state index is 11.0. The van der Waals surface area contributed by atoms with E-state index in [0.717, 1.165) is 10.2 Å². The van der Waals surface area contributed by atoms with E-state index >= 15 is 0 Å². The molecule has 2 heterocycles. The number of hydrogen-bond acceptors (Lipinski definition) is 7. The molecule has 1 atom stereocenters. The van der Waals surface area contributed by atoms with Crippen molar-refractivity contribution in [1.29, 1.82) is 0 Å². The summed E-state index contributed by atoms with van der Waals surface area (Å²) in [5.74, 6) is -0.548. The first-order valence-corrected chi connectivity index (χ1v) is 6.41. The summed E-state index contributed by atoms with van der Waals surface area (Å²) in [7, 11) is 0. The minimum atomic E-state index is -1.07. The highest BCUT2D eigenvalue weighted by Crippen LogP contribution is 2.26. The molecule has 1 aromatic carbocycles. The summed E-state index contributed by atoms with van der Waals surface area (Å²) in [5.41, 5.74) is 6.80. The Hall–Kier alpha value is -3.23. The summed E-state index contributed by atoms with van der Waals surface area (Å²) in [5, 5.41) is 20.4. The lowest BCUT2D eigenvalue weighted by Gasteiger charge is -2.06. The Morgan fingerprint density at radius 3 is 2.77 bits per heavy atom. The maximum absolute atomic E-state index is 11.0. The zero-order valence-electron chi connectivity index (χ0n) is 11.5. The van der Waals surface area contributed by atoms with Gasteiger partial charge in [-0.3, -0.25) is 0 Å². The van der Waals surface area contributed by atoms with Gasteiger partial charge in [0.15, 0.2) is 17.6 Å². The molecular formula is C13H12N6O3. The van der Waals surface area contributed by atoms with Gasteiger partial charge in [-0.1, -0.05) is 40.7 Å². The van der Waals surface area contributed by atoms with E-state index in [0.29, 0.717) is 5.82 Å². The topological polar surface area (TPSA) is 133 Å². The van der Waals surface area contributed by atoms with Crippen molar-refractivity contribution in [1.82, 2.24) is 25.1 Å². The molecule has 2 aromatic heterocycles. The number of nitrogen functional groups attached to an aromatic ring is 1. The van der Waals surface area contributed by atoms with E-state index in [2.05, 4.69) is 20.5 Å². The van der Waals surface area contributed by atoms with Gasteiger partial charge in [0.2, 0.25) is 5.82 Å². The number of aromatic nitrogens is 5. The van der Waals surface area contributed by atoms with E-state index in [1.165, 1.54) is 6.92 Å². The standard InChI is InChI=1S/C13H12N6O3/c1-7(13(20)21)19-10(14)9(16-18-19)12-15-11(17-22-12)8-5-3-2-4-6-8/h2-7H,14H2,1H3,(H,20,21). The number of carboxylic acid groups (broad SMARTS) is 1. The van der Waals surface area contributed by atoms with Gasteiger partial charge in [-0.2, -0.15) is 4.98 Å². The van der Waals surface area contributed by atoms with Crippen molar-refractivity contribution in [3.63, 3.8) is 0 Å². The monoisotopic (exact) mass is 300 g/mol. The molecule has 22 heavy (non-hydrogen) atoms. The van der Waals surface area contributed by atoms with Crippen LogP contribution in [-0.4, -0.2) is 36.2 Å². The van der Waals surface area contributed by atoms with E-state index in [9.17, 15) is 4.79 Å². The van der Waals surface area contributed by atoms with Crippen molar-refractivity contribution in [2.75, 3.05) is 5.73 Å². The second-order valence-corrected chi connectivity index (χ2v) is 4.57. The predicted octanol–water partition coefficient (Wildman–Crippen LogP) is 1.22. The van der Waals surface area contributed by atoms with Gasteiger partial charge in [-0.05, 0) is 6.92 Å². The van der Waals surface area contributed by atoms with Crippen LogP contribution in [-0.2, 0) is 4.79 Å². The van der Waals surface area contributed by atoms with E-state index in [1.54, 1.807) is 0 Å². The van der Waals surface area contributed by atoms with Crippen LogP contribution in [0.25, 0.3) is 23.0 Å². The second kappa shape index (κ2) is 5.28. The van der Waals surface area contributed by atoms with Crippen molar-refractivity contribution in [3.8, 4) is 23.0 Å². The first kappa shape index (κ1) is 13.7. The Balaban J connectivity index is 1.96. The molecule has 3 rings (SSSR count). The highest BCUT2D eigenvalue weighted by Gasteiger charge is 2.24. The summed E-state index contributed by atoms with van der Waals surface area (Å²) in [6.07, 6.45) is 0. The van der Waals surface area contributed by atoms with Gasteiger partial charge >= 0.3 is 5.97 Å². The Morgan fingerprint density at radius 2 is 2.09 bits per heavy atom. The number of carboxylic acids is 1. The molecule has 0 aliphatic rings. The van der Waals surface area contributed by atoms with E-state index in [-0.39, 0.29) is 17.4 Å². The molecule has 112 valence electrons. The van der Waals surface area contributed by atoms with Gasteiger partial charge in [-0.15, -0.1) is 5.10 Å². The number of nitrogens with zero attached hydrogens (tertiary/aromatic N) is 5. The lowest BCUT2D eigenvalue weighted by Crippen LogP contribution is -2.18. The van der Waals surface area contributed by atoms with Crippen LogP contribution in [0.3, 0.4) is 0 Å². The first-order valence-electron chi connectivity index (χ1n) is 6.41. The van der Waals surface area contributed by atoms with Crippen molar-refractivity contribution >= 4 is 11.8 Å². The van der Waals surface area contributed by atoms with Crippen molar-refractivity contribution in [2.45, 2.75) is 13.0 Å². The fourth-order valence-electron chi connectivity index (χ4n) is 1.87. The van der Waals surface area contributed by atoms with Crippen molar-refractivity contribution in [2.24, 2.45) is 0 Å².